The lowest BCUT2D eigenvalue weighted by molar-refractivity contribution is 0.130. The van der Waals surface area contributed by atoms with E-state index in [1.54, 1.807) is 12.1 Å². The highest BCUT2D eigenvalue weighted by Gasteiger charge is 2.47. The first-order valence-corrected chi connectivity index (χ1v) is 11.8. The minimum Gasteiger partial charge on any atom is -0.444 e. The molecule has 3 aromatic rings. The maximum Gasteiger partial charge on any atom is 0.414 e. The molecule has 0 radical (unpaired) electrons. The maximum absolute atomic E-state index is 13.3. The van der Waals surface area contributed by atoms with Crippen LogP contribution >= 0.6 is 0 Å². The Morgan fingerprint density at radius 1 is 1.03 bits per heavy atom. The van der Waals surface area contributed by atoms with E-state index in [1.165, 1.54) is 23.3 Å². The van der Waals surface area contributed by atoms with E-state index >= 15 is 0 Å². The highest BCUT2D eigenvalue weighted by atomic mass is 19.1. The van der Waals surface area contributed by atoms with Gasteiger partial charge < -0.3 is 10.1 Å². The van der Waals surface area contributed by atoms with E-state index in [0.717, 1.165) is 49.0 Å². The van der Waals surface area contributed by atoms with Crippen molar-refractivity contribution < 1.29 is 13.9 Å². The van der Waals surface area contributed by atoms with Crippen LogP contribution in [0.2, 0.25) is 0 Å². The van der Waals surface area contributed by atoms with E-state index in [4.69, 9.17) is 4.74 Å². The van der Waals surface area contributed by atoms with Crippen LogP contribution in [0.1, 0.15) is 42.4 Å². The van der Waals surface area contributed by atoms with Gasteiger partial charge in [-0.15, -0.1) is 0 Å². The molecule has 168 valence electrons. The van der Waals surface area contributed by atoms with Gasteiger partial charge in [-0.2, -0.15) is 0 Å². The number of anilines is 2. The molecule has 2 aliphatic carbocycles. The Morgan fingerprint density at radius 3 is 2.52 bits per heavy atom. The van der Waals surface area contributed by atoms with Crippen LogP contribution in [0.4, 0.5) is 20.6 Å². The molecule has 0 bridgehead atoms. The first-order chi connectivity index (χ1) is 16.1. The van der Waals surface area contributed by atoms with Crippen LogP contribution in [0.25, 0.3) is 0 Å². The number of hydrogen-bond acceptors (Lipinski definition) is 3. The molecule has 33 heavy (non-hydrogen) atoms. The summed E-state index contributed by atoms with van der Waals surface area (Å²) >= 11 is 0. The van der Waals surface area contributed by atoms with Gasteiger partial charge in [0.15, 0.2) is 0 Å². The Labute approximate surface area is 193 Å². The summed E-state index contributed by atoms with van der Waals surface area (Å²) < 4.78 is 19.0. The summed E-state index contributed by atoms with van der Waals surface area (Å²) in [6, 6.07) is 23.1. The summed E-state index contributed by atoms with van der Waals surface area (Å²) in [7, 11) is 0. The zero-order chi connectivity index (χ0) is 22.4. The summed E-state index contributed by atoms with van der Waals surface area (Å²) in [6.07, 6.45) is 5.00. The number of carbonyl (C=O) groups is 1. The quantitative estimate of drug-likeness (QED) is 0.497. The third-order valence-corrected chi connectivity index (χ3v) is 7.46. The third kappa shape index (κ3) is 3.75. The van der Waals surface area contributed by atoms with Crippen molar-refractivity contribution in [3.63, 3.8) is 0 Å². The predicted molar refractivity (Wildman–Crippen MR) is 127 cm³/mol. The monoisotopic (exact) mass is 442 g/mol. The fourth-order valence-corrected chi connectivity index (χ4v) is 5.32. The summed E-state index contributed by atoms with van der Waals surface area (Å²) in [6.45, 7) is 0.283. The van der Waals surface area contributed by atoms with Crippen molar-refractivity contribution in [1.29, 1.82) is 0 Å². The highest BCUT2D eigenvalue weighted by molar-refractivity contribution is 5.90. The van der Waals surface area contributed by atoms with Crippen LogP contribution in [0.15, 0.2) is 72.8 Å². The molecule has 3 aliphatic rings. The van der Waals surface area contributed by atoms with Crippen molar-refractivity contribution in [1.82, 2.24) is 0 Å². The van der Waals surface area contributed by atoms with Gasteiger partial charge in [-0.1, -0.05) is 42.5 Å². The summed E-state index contributed by atoms with van der Waals surface area (Å²) in [4.78, 5) is 15.0. The van der Waals surface area contributed by atoms with E-state index in [9.17, 15) is 9.18 Å². The number of hydrogen-bond donors (Lipinski definition) is 1. The Kier molecular flexibility index (Phi) is 4.86. The molecule has 0 aromatic heterocycles. The Balaban J connectivity index is 1.24. The average molecular weight is 443 g/mol. The second-order valence-corrected chi connectivity index (χ2v) is 9.58. The SMILES string of the molecule is O=C(OCc1ccccc1)N1c2ccc(C3(Nc4ccc(F)cc4)CC3)cc2CC2CCC21. The number of halogens is 1. The molecular formula is C28H27FN2O2. The minimum atomic E-state index is -0.257. The lowest BCUT2D eigenvalue weighted by atomic mass is 9.71. The molecule has 2 saturated carbocycles. The molecule has 2 atom stereocenters. The predicted octanol–water partition coefficient (Wildman–Crippen LogP) is 6.40. The van der Waals surface area contributed by atoms with Gasteiger partial charge in [0.05, 0.1) is 11.2 Å². The second kappa shape index (κ2) is 7.91. The van der Waals surface area contributed by atoms with E-state index in [-0.39, 0.29) is 30.1 Å². The van der Waals surface area contributed by atoms with Gasteiger partial charge in [0.25, 0.3) is 0 Å². The fraction of sp³-hybridized carbons (Fsp3) is 0.321. The van der Waals surface area contributed by atoms with Crippen molar-refractivity contribution >= 4 is 17.5 Å². The minimum absolute atomic E-state index is 0.109. The van der Waals surface area contributed by atoms with Crippen molar-refractivity contribution in [2.75, 3.05) is 10.2 Å². The van der Waals surface area contributed by atoms with E-state index in [2.05, 4.69) is 23.5 Å². The number of benzene rings is 3. The Hall–Kier alpha value is -3.34. The van der Waals surface area contributed by atoms with Crippen molar-refractivity contribution in [2.45, 2.75) is 50.3 Å². The Bertz CT molecular complexity index is 1170. The number of nitrogens with one attached hydrogen (secondary N) is 1. The van der Waals surface area contributed by atoms with Crippen molar-refractivity contribution in [3.8, 4) is 0 Å². The van der Waals surface area contributed by atoms with E-state index in [0.29, 0.717) is 5.92 Å². The number of amides is 1. The molecule has 6 rings (SSSR count). The van der Waals surface area contributed by atoms with E-state index < -0.39 is 0 Å². The summed E-state index contributed by atoms with van der Waals surface area (Å²) in [5, 5.41) is 3.61. The largest absolute Gasteiger partial charge is 0.444 e. The molecule has 0 saturated heterocycles. The lowest BCUT2D eigenvalue weighted by Gasteiger charge is -2.48. The van der Waals surface area contributed by atoms with Gasteiger partial charge in [-0.25, -0.2) is 9.18 Å². The number of ether oxygens (including phenoxy) is 1. The average Bonchev–Trinajstić information content (AvgIpc) is 3.61. The van der Waals surface area contributed by atoms with Gasteiger partial charge in [-0.05, 0) is 85.0 Å². The second-order valence-electron chi connectivity index (χ2n) is 9.58. The number of rotatable bonds is 5. The molecular weight excluding hydrogens is 415 g/mol. The number of nitrogens with zero attached hydrogens (tertiary/aromatic N) is 1. The zero-order valence-corrected chi connectivity index (χ0v) is 18.5. The number of fused-ring (bicyclic) bond motifs is 2. The van der Waals surface area contributed by atoms with Gasteiger partial charge in [0.1, 0.15) is 12.4 Å². The van der Waals surface area contributed by atoms with Crippen LogP contribution in [0, 0.1) is 11.7 Å². The standard InChI is InChI=1S/C28H27FN2O2/c29-23-8-10-24(11-9-23)30-28(14-15-28)22-7-13-26-21(17-22)16-20-6-12-25(20)31(26)27(32)33-18-19-4-2-1-3-5-19/h1-5,7-11,13,17,20,25,30H,6,12,14-16,18H2. The first-order valence-electron chi connectivity index (χ1n) is 11.8. The van der Waals surface area contributed by atoms with Gasteiger partial charge in [0, 0.05) is 11.7 Å². The van der Waals surface area contributed by atoms with Crippen LogP contribution in [-0.2, 0) is 23.3 Å². The Morgan fingerprint density at radius 2 is 1.82 bits per heavy atom. The molecule has 1 N–H and O–H groups in total. The normalized spacial score (nSPS) is 21.9. The van der Waals surface area contributed by atoms with Crippen LogP contribution < -0.4 is 10.2 Å². The van der Waals surface area contributed by atoms with Gasteiger partial charge in [-0.3, -0.25) is 4.90 Å². The summed E-state index contributed by atoms with van der Waals surface area (Å²) in [5.74, 6) is 0.269. The van der Waals surface area contributed by atoms with Crippen LogP contribution in [0.3, 0.4) is 0 Å². The molecule has 1 aliphatic heterocycles. The molecule has 4 nitrogen and oxygen atoms in total. The van der Waals surface area contributed by atoms with Crippen LogP contribution in [-0.4, -0.2) is 12.1 Å². The molecule has 2 fully saturated rings. The number of carbonyl (C=O) groups excluding carboxylic acids is 1. The molecule has 1 amide bonds. The topological polar surface area (TPSA) is 41.6 Å². The van der Waals surface area contributed by atoms with Crippen LogP contribution in [0.5, 0.6) is 0 Å². The highest BCUT2D eigenvalue weighted by Crippen LogP contribution is 2.51. The first kappa shape index (κ1) is 20.3. The zero-order valence-electron chi connectivity index (χ0n) is 18.5. The van der Waals surface area contributed by atoms with E-state index in [1.807, 2.05) is 35.2 Å². The molecule has 2 unspecified atom stereocenters. The molecule has 0 spiro atoms. The molecule has 3 aromatic carbocycles. The third-order valence-electron chi connectivity index (χ3n) is 7.46. The summed E-state index contributed by atoms with van der Waals surface area (Å²) in [5.41, 5.74) is 5.25. The smallest absolute Gasteiger partial charge is 0.414 e. The fourth-order valence-electron chi connectivity index (χ4n) is 5.32. The lowest BCUT2D eigenvalue weighted by Crippen LogP contribution is -2.54. The molecule has 5 heteroatoms. The molecule has 1 heterocycles. The van der Waals surface area contributed by atoms with Crippen molar-refractivity contribution in [3.05, 3.63) is 95.3 Å². The van der Waals surface area contributed by atoms with Crippen molar-refractivity contribution in [2.24, 2.45) is 5.92 Å². The van der Waals surface area contributed by atoms with Gasteiger partial charge in [0.2, 0.25) is 0 Å². The van der Waals surface area contributed by atoms with Gasteiger partial charge >= 0.3 is 6.09 Å². The maximum atomic E-state index is 13.3.